The number of nitrogens with one attached hydrogen (secondary N) is 1. The Kier molecular flexibility index (Phi) is 6.23. The number of hydrogen-bond acceptors (Lipinski definition) is 4. The Bertz CT molecular complexity index is 1040. The molecule has 3 aromatic rings. The van der Waals surface area contributed by atoms with Gasteiger partial charge in [0.2, 0.25) is 0 Å². The topological polar surface area (TPSA) is 69.0 Å². The second kappa shape index (κ2) is 8.70. The van der Waals surface area contributed by atoms with E-state index < -0.39 is 24.3 Å². The Labute approximate surface area is 173 Å². The fraction of sp³-hybridized carbons (Fsp3) is 0.250. The minimum absolute atomic E-state index is 0.0583. The molecule has 0 aliphatic rings. The highest BCUT2D eigenvalue weighted by Crippen LogP contribution is 2.29. The van der Waals surface area contributed by atoms with Crippen molar-refractivity contribution in [2.75, 3.05) is 5.32 Å². The van der Waals surface area contributed by atoms with Gasteiger partial charge in [0.1, 0.15) is 5.75 Å². The molecule has 0 aliphatic heterocycles. The number of aromatic nitrogens is 3. The molecular weight excluding hydrogens is 423 g/mol. The van der Waals surface area contributed by atoms with Crippen molar-refractivity contribution in [2.45, 2.75) is 32.6 Å². The van der Waals surface area contributed by atoms with Crippen molar-refractivity contribution in [1.82, 2.24) is 14.8 Å². The number of carbonyl (C=O) groups is 1. The maximum absolute atomic E-state index is 12.8. The second-order valence-corrected chi connectivity index (χ2v) is 6.77. The number of carbonyl (C=O) groups excluding carboxylic acids is 1. The largest absolute Gasteiger partial charge is 0.435 e. The average molecular weight is 440 g/mol. The van der Waals surface area contributed by atoms with Crippen molar-refractivity contribution in [1.29, 1.82) is 0 Å². The number of benzene rings is 1. The van der Waals surface area contributed by atoms with Crippen LogP contribution < -0.4 is 10.1 Å². The lowest BCUT2D eigenvalue weighted by atomic mass is 10.1. The number of halogens is 5. The standard InChI is InChI=1S/C20H17F5N4O2/c1-11(2)17-15(18(30)28-13-4-6-14(7-5-13)31-19(21)22)10-27-29(17)16-8-3-12(9-26-16)20(23,24)25/h3-11,19H,1-2H3,(H,28,30). The first-order valence-corrected chi connectivity index (χ1v) is 9.04. The lowest BCUT2D eigenvalue weighted by Gasteiger charge is -2.13. The molecule has 0 atom stereocenters. The zero-order valence-corrected chi connectivity index (χ0v) is 16.3. The van der Waals surface area contributed by atoms with Gasteiger partial charge in [-0.1, -0.05) is 13.8 Å². The number of alkyl halides is 5. The molecule has 0 spiro atoms. The zero-order valence-electron chi connectivity index (χ0n) is 16.3. The Morgan fingerprint density at radius 2 is 1.74 bits per heavy atom. The monoisotopic (exact) mass is 440 g/mol. The van der Waals surface area contributed by atoms with E-state index in [2.05, 4.69) is 20.1 Å². The highest BCUT2D eigenvalue weighted by atomic mass is 19.4. The number of anilines is 1. The van der Waals surface area contributed by atoms with Gasteiger partial charge in [-0.05, 0) is 42.3 Å². The van der Waals surface area contributed by atoms with Crippen LogP contribution in [0.4, 0.5) is 27.6 Å². The Morgan fingerprint density at radius 3 is 2.26 bits per heavy atom. The highest BCUT2D eigenvalue weighted by molar-refractivity contribution is 6.05. The number of nitrogens with zero attached hydrogens (tertiary/aromatic N) is 3. The van der Waals surface area contributed by atoms with E-state index in [1.165, 1.54) is 41.2 Å². The molecule has 0 aliphatic carbocycles. The van der Waals surface area contributed by atoms with Gasteiger partial charge in [-0.2, -0.15) is 27.1 Å². The van der Waals surface area contributed by atoms with Crippen molar-refractivity contribution in [3.05, 3.63) is 65.6 Å². The van der Waals surface area contributed by atoms with Gasteiger partial charge in [-0.25, -0.2) is 9.67 Å². The van der Waals surface area contributed by atoms with Crippen molar-refractivity contribution in [3.63, 3.8) is 0 Å². The summed E-state index contributed by atoms with van der Waals surface area (Å²) in [6.45, 7) is 0.633. The van der Waals surface area contributed by atoms with Crippen LogP contribution in [0.2, 0.25) is 0 Å². The average Bonchev–Trinajstić information content (AvgIpc) is 3.14. The predicted molar refractivity (Wildman–Crippen MR) is 101 cm³/mol. The molecule has 31 heavy (non-hydrogen) atoms. The van der Waals surface area contributed by atoms with E-state index in [0.717, 1.165) is 6.07 Å². The zero-order chi connectivity index (χ0) is 22.8. The SMILES string of the molecule is CC(C)c1c(C(=O)Nc2ccc(OC(F)F)cc2)cnn1-c1ccc(C(F)(F)F)cn1. The van der Waals surface area contributed by atoms with Crippen molar-refractivity contribution < 1.29 is 31.5 Å². The molecular formula is C20H17F5N4O2. The van der Waals surface area contributed by atoms with Crippen molar-refractivity contribution in [3.8, 4) is 11.6 Å². The summed E-state index contributed by atoms with van der Waals surface area (Å²) in [5, 5.41) is 6.74. The molecule has 0 saturated heterocycles. The van der Waals surface area contributed by atoms with Crippen LogP contribution in [0.5, 0.6) is 5.75 Å². The lowest BCUT2D eigenvalue weighted by Crippen LogP contribution is -2.16. The number of pyridine rings is 1. The van der Waals surface area contributed by atoms with E-state index in [9.17, 15) is 26.7 Å². The Hall–Kier alpha value is -3.50. The molecule has 0 fully saturated rings. The van der Waals surface area contributed by atoms with E-state index in [0.29, 0.717) is 17.6 Å². The molecule has 0 bridgehead atoms. The summed E-state index contributed by atoms with van der Waals surface area (Å²) in [5.41, 5.74) is 0.0838. The number of ether oxygens (including phenoxy) is 1. The highest BCUT2D eigenvalue weighted by Gasteiger charge is 2.31. The number of hydrogen-bond donors (Lipinski definition) is 1. The van der Waals surface area contributed by atoms with Crippen LogP contribution in [0.15, 0.2) is 48.8 Å². The quantitative estimate of drug-likeness (QED) is 0.531. The van der Waals surface area contributed by atoms with Crippen LogP contribution in [-0.4, -0.2) is 27.3 Å². The van der Waals surface area contributed by atoms with E-state index in [1.54, 1.807) is 13.8 Å². The molecule has 2 heterocycles. The maximum atomic E-state index is 12.8. The molecule has 1 amide bonds. The van der Waals surface area contributed by atoms with Crippen LogP contribution >= 0.6 is 0 Å². The van der Waals surface area contributed by atoms with Gasteiger partial charge in [0.15, 0.2) is 5.82 Å². The Morgan fingerprint density at radius 1 is 1.06 bits per heavy atom. The molecule has 3 rings (SSSR count). The van der Waals surface area contributed by atoms with Gasteiger partial charge in [-0.15, -0.1) is 0 Å². The summed E-state index contributed by atoms with van der Waals surface area (Å²) in [6, 6.07) is 7.41. The van der Waals surface area contributed by atoms with Crippen LogP contribution in [0.25, 0.3) is 5.82 Å². The van der Waals surface area contributed by atoms with Gasteiger partial charge in [0, 0.05) is 11.9 Å². The molecule has 1 N–H and O–H groups in total. The van der Waals surface area contributed by atoms with Gasteiger partial charge >= 0.3 is 12.8 Å². The Balaban J connectivity index is 1.85. The maximum Gasteiger partial charge on any atom is 0.417 e. The molecule has 1 aromatic carbocycles. The van der Waals surface area contributed by atoms with Crippen LogP contribution in [0.1, 0.15) is 41.4 Å². The second-order valence-electron chi connectivity index (χ2n) is 6.77. The predicted octanol–water partition coefficient (Wildman–Crippen LogP) is 5.26. The van der Waals surface area contributed by atoms with Crippen LogP contribution in [-0.2, 0) is 6.18 Å². The molecule has 0 radical (unpaired) electrons. The third-order valence-electron chi connectivity index (χ3n) is 4.23. The fourth-order valence-electron chi connectivity index (χ4n) is 2.87. The normalized spacial score (nSPS) is 11.8. The molecule has 164 valence electrons. The lowest BCUT2D eigenvalue weighted by molar-refractivity contribution is -0.137. The fourth-order valence-corrected chi connectivity index (χ4v) is 2.87. The van der Waals surface area contributed by atoms with Crippen LogP contribution in [0.3, 0.4) is 0 Å². The summed E-state index contributed by atoms with van der Waals surface area (Å²) in [5.74, 6) is -0.667. The summed E-state index contributed by atoms with van der Waals surface area (Å²) in [7, 11) is 0. The minimum Gasteiger partial charge on any atom is -0.435 e. The van der Waals surface area contributed by atoms with Gasteiger partial charge < -0.3 is 10.1 Å². The summed E-state index contributed by atoms with van der Waals surface area (Å²) in [6.07, 6.45) is -2.53. The first-order chi connectivity index (χ1) is 14.6. The van der Waals surface area contributed by atoms with E-state index in [-0.39, 0.29) is 23.0 Å². The summed E-state index contributed by atoms with van der Waals surface area (Å²) in [4.78, 5) is 16.6. The van der Waals surface area contributed by atoms with Gasteiger partial charge in [0.05, 0.1) is 23.0 Å². The van der Waals surface area contributed by atoms with E-state index >= 15 is 0 Å². The van der Waals surface area contributed by atoms with Gasteiger partial charge in [-0.3, -0.25) is 4.79 Å². The third kappa shape index (κ3) is 5.16. The molecule has 0 saturated carbocycles. The van der Waals surface area contributed by atoms with Crippen molar-refractivity contribution >= 4 is 11.6 Å². The van der Waals surface area contributed by atoms with Gasteiger partial charge in [0.25, 0.3) is 5.91 Å². The molecule has 11 heteroatoms. The van der Waals surface area contributed by atoms with E-state index in [4.69, 9.17) is 0 Å². The summed E-state index contributed by atoms with van der Waals surface area (Å²) < 4.78 is 68.3. The molecule has 6 nitrogen and oxygen atoms in total. The first kappa shape index (κ1) is 22.2. The number of amides is 1. The van der Waals surface area contributed by atoms with Crippen LogP contribution in [0, 0.1) is 0 Å². The minimum atomic E-state index is -4.52. The third-order valence-corrected chi connectivity index (χ3v) is 4.23. The van der Waals surface area contributed by atoms with E-state index in [1.807, 2.05) is 0 Å². The first-order valence-electron chi connectivity index (χ1n) is 9.04. The smallest absolute Gasteiger partial charge is 0.417 e. The summed E-state index contributed by atoms with van der Waals surface area (Å²) >= 11 is 0. The molecule has 2 aromatic heterocycles. The number of rotatable bonds is 6. The van der Waals surface area contributed by atoms with Crippen molar-refractivity contribution in [2.24, 2.45) is 0 Å². The molecule has 0 unspecified atom stereocenters.